The molecule has 4 heterocycles. The Bertz CT molecular complexity index is 3270. The highest BCUT2D eigenvalue weighted by atomic mass is 16.3. The highest BCUT2D eigenvalue weighted by Crippen LogP contribution is 2.49. The number of allylic oxidation sites excluding steroid dienone is 2. The van der Waals surface area contributed by atoms with Crippen LogP contribution in [0.3, 0.4) is 0 Å². The van der Waals surface area contributed by atoms with E-state index in [1.807, 2.05) is 72.8 Å². The van der Waals surface area contributed by atoms with Gasteiger partial charge in [0, 0.05) is 50.0 Å². The van der Waals surface area contributed by atoms with Crippen LogP contribution in [-0.4, -0.2) is 21.0 Å². The summed E-state index contributed by atoms with van der Waals surface area (Å²) in [5.41, 5.74) is 11.8. The van der Waals surface area contributed by atoms with Crippen LogP contribution in [0.1, 0.15) is 17.0 Å². The third kappa shape index (κ3) is 5.00. The van der Waals surface area contributed by atoms with Crippen molar-refractivity contribution in [3.8, 4) is 34.2 Å². The van der Waals surface area contributed by atoms with Crippen molar-refractivity contribution in [2.24, 2.45) is 0 Å². The molecule has 1 aliphatic carbocycles. The van der Waals surface area contributed by atoms with Gasteiger partial charge in [0.05, 0.1) is 11.6 Å². The van der Waals surface area contributed by atoms with E-state index < -0.39 is 0 Å². The van der Waals surface area contributed by atoms with E-state index in [4.69, 9.17) is 23.8 Å². The van der Waals surface area contributed by atoms with E-state index in [2.05, 4.69) is 114 Å². The van der Waals surface area contributed by atoms with Gasteiger partial charge >= 0.3 is 0 Å². The molecule has 268 valence electrons. The first kappa shape index (κ1) is 31.7. The van der Waals surface area contributed by atoms with Crippen molar-refractivity contribution in [3.05, 3.63) is 193 Å². The fourth-order valence-corrected chi connectivity index (χ4v) is 8.88. The molecule has 2 aliphatic rings. The minimum atomic E-state index is 0.195. The van der Waals surface area contributed by atoms with Crippen LogP contribution in [0.5, 0.6) is 0 Å². The predicted octanol–water partition coefficient (Wildman–Crippen LogP) is 12.9. The number of benzene rings is 7. The normalized spacial score (nSPS) is 16.1. The number of para-hydroxylation sites is 4. The summed E-state index contributed by atoms with van der Waals surface area (Å²) in [6.45, 7) is 0. The zero-order valence-corrected chi connectivity index (χ0v) is 30.6. The third-order valence-electron chi connectivity index (χ3n) is 11.5. The molecule has 57 heavy (non-hydrogen) atoms. The Labute approximate surface area is 327 Å². The van der Waals surface area contributed by atoms with E-state index in [0.29, 0.717) is 17.5 Å². The number of rotatable bonds is 5. The second-order valence-electron chi connectivity index (χ2n) is 14.7. The van der Waals surface area contributed by atoms with Gasteiger partial charge in [-0.15, -0.1) is 0 Å². The summed E-state index contributed by atoms with van der Waals surface area (Å²) in [5, 5.41) is 4.05. The number of anilines is 2. The van der Waals surface area contributed by atoms with E-state index in [1.54, 1.807) is 0 Å². The Morgan fingerprint density at radius 3 is 2.07 bits per heavy atom. The lowest BCUT2D eigenvalue weighted by Crippen LogP contribution is -2.28. The van der Waals surface area contributed by atoms with Crippen LogP contribution in [-0.2, 0) is 0 Å². The van der Waals surface area contributed by atoms with Gasteiger partial charge in [-0.3, -0.25) is 0 Å². The maximum atomic E-state index is 6.53. The van der Waals surface area contributed by atoms with Crippen molar-refractivity contribution in [2.75, 3.05) is 4.90 Å². The van der Waals surface area contributed by atoms with Crippen molar-refractivity contribution in [1.29, 1.82) is 0 Å². The molecule has 1 aliphatic heterocycles. The molecule has 0 saturated carbocycles. The first-order chi connectivity index (χ1) is 28.2. The van der Waals surface area contributed by atoms with Crippen molar-refractivity contribution in [2.45, 2.75) is 12.0 Å². The monoisotopic (exact) mass is 732 g/mol. The van der Waals surface area contributed by atoms with E-state index in [-0.39, 0.29) is 12.0 Å². The van der Waals surface area contributed by atoms with E-state index in [1.165, 1.54) is 22.5 Å². The van der Waals surface area contributed by atoms with Gasteiger partial charge in [-0.2, -0.15) is 0 Å². The van der Waals surface area contributed by atoms with Crippen molar-refractivity contribution >= 4 is 60.8 Å². The molecule has 6 nitrogen and oxygen atoms in total. The summed E-state index contributed by atoms with van der Waals surface area (Å²) < 4.78 is 13.0. The maximum absolute atomic E-state index is 6.53. The highest BCUT2D eigenvalue weighted by molar-refractivity contribution is 6.13. The fourth-order valence-electron chi connectivity index (χ4n) is 8.88. The molecule has 0 bridgehead atoms. The Morgan fingerprint density at radius 2 is 1.18 bits per heavy atom. The Balaban J connectivity index is 1.01. The number of furan rings is 2. The minimum absolute atomic E-state index is 0.195. The molecular formula is C51H32N4O2. The average molecular weight is 733 g/mol. The van der Waals surface area contributed by atoms with Crippen molar-refractivity contribution in [1.82, 2.24) is 15.0 Å². The molecule has 0 spiro atoms. The SMILES string of the molecule is C1=CC2C(C=C1c1ccc3oc4cccc(-c5nc(-c6ccccc6)nc(-c6cccc7c6oc6ccccc67)n5)c4c3c1)c1ccccc1N2c1ccccc1. The van der Waals surface area contributed by atoms with Gasteiger partial charge in [-0.25, -0.2) is 15.0 Å². The van der Waals surface area contributed by atoms with Gasteiger partial charge in [0.25, 0.3) is 0 Å². The summed E-state index contributed by atoms with van der Waals surface area (Å²) in [5.74, 6) is 1.91. The molecule has 7 aromatic carbocycles. The molecule has 2 atom stereocenters. The summed E-state index contributed by atoms with van der Waals surface area (Å²) in [6.07, 6.45) is 7.06. The first-order valence-corrected chi connectivity index (χ1v) is 19.3. The zero-order valence-electron chi connectivity index (χ0n) is 30.6. The van der Waals surface area contributed by atoms with Gasteiger partial charge in [-0.1, -0.05) is 133 Å². The van der Waals surface area contributed by atoms with E-state index in [0.717, 1.165) is 66.1 Å². The standard InChI is InChI=1S/C51H32N4O2/c1-3-13-31(14-4-1)49-52-50(54-51(53-49)39-21-11-19-37-36-18-8-10-23-44(36)57-48(37)39)38-20-12-24-46-47(38)41-30-33(26-28-45(41)56-46)32-25-27-43-40(29-32)35-17-7-9-22-42(35)55(43)34-15-5-2-6-16-34/h1-30,40,43H. The van der Waals surface area contributed by atoms with Crippen LogP contribution in [0.4, 0.5) is 11.4 Å². The molecule has 3 aromatic heterocycles. The van der Waals surface area contributed by atoms with E-state index in [9.17, 15) is 0 Å². The summed E-state index contributed by atoms with van der Waals surface area (Å²) in [6, 6.07) is 56.6. The maximum Gasteiger partial charge on any atom is 0.167 e. The second kappa shape index (κ2) is 12.5. The topological polar surface area (TPSA) is 68.2 Å². The third-order valence-corrected chi connectivity index (χ3v) is 11.5. The Kier molecular flexibility index (Phi) is 6.95. The second-order valence-corrected chi connectivity index (χ2v) is 14.7. The molecule has 10 aromatic rings. The molecular weight excluding hydrogens is 701 g/mol. The van der Waals surface area contributed by atoms with Crippen LogP contribution in [0.2, 0.25) is 0 Å². The predicted molar refractivity (Wildman–Crippen MR) is 229 cm³/mol. The molecule has 0 saturated heterocycles. The zero-order chi connectivity index (χ0) is 37.5. The number of nitrogens with zero attached hydrogens (tertiary/aromatic N) is 4. The van der Waals surface area contributed by atoms with Gasteiger partial charge in [-0.05, 0) is 65.2 Å². The molecule has 6 heteroatoms. The van der Waals surface area contributed by atoms with Gasteiger partial charge < -0.3 is 13.7 Å². The van der Waals surface area contributed by atoms with Crippen LogP contribution >= 0.6 is 0 Å². The van der Waals surface area contributed by atoms with Crippen molar-refractivity contribution in [3.63, 3.8) is 0 Å². The fraction of sp³-hybridized carbons (Fsp3) is 0.0392. The number of hydrogen-bond donors (Lipinski definition) is 0. The minimum Gasteiger partial charge on any atom is -0.456 e. The number of aromatic nitrogens is 3. The smallest absolute Gasteiger partial charge is 0.167 e. The number of fused-ring (bicyclic) bond motifs is 9. The highest BCUT2D eigenvalue weighted by Gasteiger charge is 2.38. The van der Waals surface area contributed by atoms with E-state index >= 15 is 0 Å². The van der Waals surface area contributed by atoms with Gasteiger partial charge in [0.1, 0.15) is 22.3 Å². The van der Waals surface area contributed by atoms with Crippen LogP contribution in [0.15, 0.2) is 191 Å². The first-order valence-electron chi connectivity index (χ1n) is 19.3. The molecule has 0 amide bonds. The average Bonchev–Trinajstić information content (AvgIpc) is 3.96. The quantitative estimate of drug-likeness (QED) is 0.175. The van der Waals surface area contributed by atoms with Crippen molar-refractivity contribution < 1.29 is 8.83 Å². The molecule has 2 unspecified atom stereocenters. The summed E-state index contributed by atoms with van der Waals surface area (Å²) in [7, 11) is 0. The lowest BCUT2D eigenvalue weighted by molar-refractivity contribution is 0.668. The lowest BCUT2D eigenvalue weighted by Gasteiger charge is -2.29. The number of hydrogen-bond acceptors (Lipinski definition) is 6. The Hall–Kier alpha value is -7.57. The molecule has 0 N–H and O–H groups in total. The molecule has 0 fully saturated rings. The van der Waals surface area contributed by atoms with Crippen LogP contribution < -0.4 is 4.90 Å². The molecule has 12 rings (SSSR count). The largest absolute Gasteiger partial charge is 0.456 e. The van der Waals surface area contributed by atoms with Gasteiger partial charge in [0.2, 0.25) is 0 Å². The van der Waals surface area contributed by atoms with Crippen LogP contribution in [0, 0.1) is 0 Å². The lowest BCUT2D eigenvalue weighted by atomic mass is 9.86. The Morgan fingerprint density at radius 1 is 0.491 bits per heavy atom. The summed E-state index contributed by atoms with van der Waals surface area (Å²) >= 11 is 0. The summed E-state index contributed by atoms with van der Waals surface area (Å²) in [4.78, 5) is 17.9. The molecule has 0 radical (unpaired) electrons. The van der Waals surface area contributed by atoms with Gasteiger partial charge in [0.15, 0.2) is 17.5 Å². The van der Waals surface area contributed by atoms with Crippen LogP contribution in [0.25, 0.3) is 83.6 Å².